The van der Waals surface area contributed by atoms with E-state index in [0.717, 1.165) is 11.8 Å². The minimum Gasteiger partial charge on any atom is -0.477 e. The number of nitrogens with zero attached hydrogens (tertiary/aromatic N) is 1. The van der Waals surface area contributed by atoms with Crippen LogP contribution in [0.25, 0.3) is 0 Å². The fourth-order valence-corrected chi connectivity index (χ4v) is 1.89. The van der Waals surface area contributed by atoms with Gasteiger partial charge in [0.25, 0.3) is 5.56 Å². The lowest BCUT2D eigenvalue weighted by Crippen LogP contribution is -2.20. The number of carbonyl (C=O) groups is 1. The smallest absolute Gasteiger partial charge is 0.342 e. The molecule has 0 amide bonds. The van der Waals surface area contributed by atoms with Crippen molar-refractivity contribution in [2.75, 3.05) is 0 Å². The third-order valence-corrected chi connectivity index (χ3v) is 3.10. The Kier molecular flexibility index (Phi) is 3.98. The number of nitrogens with one attached hydrogen (secondary N) is 1. The van der Waals surface area contributed by atoms with Crippen LogP contribution in [0.4, 0.5) is 0 Å². The molecule has 0 aliphatic rings. The first-order valence-electron chi connectivity index (χ1n) is 6.37. The molecule has 0 unspecified atom stereocenters. The molecule has 0 aliphatic carbocycles. The third kappa shape index (κ3) is 3.12. The SMILES string of the molecule is CC(C)c1ccc(Cc2ncc(C(=O)O)c(=O)[nH]2)cc1. The molecule has 2 rings (SSSR count). The zero-order valence-electron chi connectivity index (χ0n) is 11.4. The summed E-state index contributed by atoms with van der Waals surface area (Å²) in [5, 5.41) is 8.77. The molecule has 1 heterocycles. The highest BCUT2D eigenvalue weighted by Gasteiger charge is 2.10. The van der Waals surface area contributed by atoms with Crippen molar-refractivity contribution >= 4 is 5.97 Å². The van der Waals surface area contributed by atoms with Gasteiger partial charge in [0.1, 0.15) is 11.4 Å². The van der Waals surface area contributed by atoms with Gasteiger partial charge in [0, 0.05) is 12.6 Å². The molecule has 104 valence electrons. The van der Waals surface area contributed by atoms with Crippen molar-refractivity contribution in [1.29, 1.82) is 0 Å². The number of carboxylic acids is 1. The number of hydrogen-bond acceptors (Lipinski definition) is 3. The normalized spacial score (nSPS) is 10.8. The fraction of sp³-hybridized carbons (Fsp3) is 0.267. The summed E-state index contributed by atoms with van der Waals surface area (Å²) >= 11 is 0. The molecule has 5 nitrogen and oxygen atoms in total. The molecule has 0 saturated heterocycles. The molecule has 20 heavy (non-hydrogen) atoms. The summed E-state index contributed by atoms with van der Waals surface area (Å²) in [5.74, 6) is -0.347. The van der Waals surface area contributed by atoms with E-state index >= 15 is 0 Å². The zero-order chi connectivity index (χ0) is 14.7. The topological polar surface area (TPSA) is 83.0 Å². The van der Waals surface area contributed by atoms with Gasteiger partial charge in [0.2, 0.25) is 0 Å². The molecule has 0 saturated carbocycles. The number of H-pyrrole nitrogens is 1. The average molecular weight is 272 g/mol. The van der Waals surface area contributed by atoms with E-state index in [-0.39, 0.29) is 5.56 Å². The highest BCUT2D eigenvalue weighted by molar-refractivity contribution is 5.86. The van der Waals surface area contributed by atoms with Crippen LogP contribution in [0.2, 0.25) is 0 Å². The lowest BCUT2D eigenvalue weighted by molar-refractivity contribution is 0.0694. The van der Waals surface area contributed by atoms with Crippen molar-refractivity contribution in [3.63, 3.8) is 0 Å². The summed E-state index contributed by atoms with van der Waals surface area (Å²) in [5.41, 5.74) is 1.29. The molecule has 0 aliphatic heterocycles. The highest BCUT2D eigenvalue weighted by Crippen LogP contribution is 2.15. The van der Waals surface area contributed by atoms with Gasteiger partial charge in [0.15, 0.2) is 0 Å². The van der Waals surface area contributed by atoms with Crippen molar-refractivity contribution in [3.8, 4) is 0 Å². The number of carboxylic acid groups (broad SMARTS) is 1. The Balaban J connectivity index is 2.20. The number of aromatic carboxylic acids is 1. The first-order valence-corrected chi connectivity index (χ1v) is 6.37. The quantitative estimate of drug-likeness (QED) is 0.893. The maximum atomic E-state index is 11.5. The average Bonchev–Trinajstić information content (AvgIpc) is 2.39. The summed E-state index contributed by atoms with van der Waals surface area (Å²) in [6, 6.07) is 8.06. The summed E-state index contributed by atoms with van der Waals surface area (Å²) in [6.07, 6.45) is 1.56. The van der Waals surface area contributed by atoms with Crippen LogP contribution in [-0.2, 0) is 6.42 Å². The van der Waals surface area contributed by atoms with Crippen molar-refractivity contribution in [2.24, 2.45) is 0 Å². The Morgan fingerprint density at radius 2 is 1.95 bits per heavy atom. The molecule has 0 spiro atoms. The molecule has 0 bridgehead atoms. The minimum atomic E-state index is -1.27. The van der Waals surface area contributed by atoms with Gasteiger partial charge in [-0.1, -0.05) is 38.1 Å². The minimum absolute atomic E-state index is 0.344. The molecular formula is C15H16N2O3. The maximum absolute atomic E-state index is 11.5. The van der Waals surface area contributed by atoms with Gasteiger partial charge in [-0.2, -0.15) is 0 Å². The lowest BCUT2D eigenvalue weighted by atomic mass is 10.0. The maximum Gasteiger partial charge on any atom is 0.342 e. The largest absolute Gasteiger partial charge is 0.477 e. The molecule has 1 aromatic carbocycles. The van der Waals surface area contributed by atoms with E-state index in [9.17, 15) is 9.59 Å². The van der Waals surface area contributed by atoms with Crippen LogP contribution in [0.5, 0.6) is 0 Å². The van der Waals surface area contributed by atoms with Gasteiger partial charge in [-0.05, 0) is 17.0 Å². The Labute approximate surface area is 116 Å². The van der Waals surface area contributed by atoms with Crippen LogP contribution >= 0.6 is 0 Å². The van der Waals surface area contributed by atoms with Crippen molar-refractivity contribution < 1.29 is 9.90 Å². The number of aromatic amines is 1. The summed E-state index contributed by atoms with van der Waals surface area (Å²) in [4.78, 5) is 28.7. The van der Waals surface area contributed by atoms with Gasteiger partial charge in [-0.15, -0.1) is 0 Å². The van der Waals surface area contributed by atoms with Gasteiger partial charge in [-0.3, -0.25) is 4.79 Å². The van der Waals surface area contributed by atoms with Crippen LogP contribution in [0.1, 0.15) is 47.1 Å². The van der Waals surface area contributed by atoms with E-state index in [2.05, 4.69) is 23.8 Å². The van der Waals surface area contributed by atoms with Crippen LogP contribution in [0.3, 0.4) is 0 Å². The molecular weight excluding hydrogens is 256 g/mol. The van der Waals surface area contributed by atoms with Crippen LogP contribution in [-0.4, -0.2) is 21.0 Å². The van der Waals surface area contributed by atoms with Gasteiger partial charge in [0.05, 0.1) is 0 Å². The molecule has 0 fully saturated rings. The van der Waals surface area contributed by atoms with Gasteiger partial charge in [-0.25, -0.2) is 9.78 Å². The van der Waals surface area contributed by atoms with Gasteiger partial charge < -0.3 is 10.1 Å². The number of hydrogen-bond donors (Lipinski definition) is 2. The molecule has 1 aromatic heterocycles. The second kappa shape index (κ2) is 5.69. The van der Waals surface area contributed by atoms with E-state index in [1.807, 2.05) is 24.3 Å². The molecule has 0 atom stereocenters. The van der Waals surface area contributed by atoms with Crippen molar-refractivity contribution in [3.05, 3.63) is 63.3 Å². The summed E-state index contributed by atoms with van der Waals surface area (Å²) in [7, 11) is 0. The fourth-order valence-electron chi connectivity index (χ4n) is 1.89. The number of benzene rings is 1. The Hall–Kier alpha value is -2.43. The molecule has 2 aromatic rings. The van der Waals surface area contributed by atoms with Gasteiger partial charge >= 0.3 is 5.97 Å². The van der Waals surface area contributed by atoms with Crippen LogP contribution in [0, 0.1) is 0 Å². The Bertz CT molecular complexity index is 672. The summed E-state index contributed by atoms with van der Waals surface area (Å²) in [6.45, 7) is 4.25. The van der Waals surface area contributed by atoms with E-state index in [1.165, 1.54) is 5.56 Å². The summed E-state index contributed by atoms with van der Waals surface area (Å²) < 4.78 is 0. The second-order valence-corrected chi connectivity index (χ2v) is 4.95. The van der Waals surface area contributed by atoms with Crippen molar-refractivity contribution in [1.82, 2.24) is 9.97 Å². The predicted molar refractivity (Wildman–Crippen MR) is 75.2 cm³/mol. The Morgan fingerprint density at radius 1 is 1.30 bits per heavy atom. The monoisotopic (exact) mass is 272 g/mol. The number of aromatic nitrogens is 2. The predicted octanol–water partition coefficient (Wildman–Crippen LogP) is 2.18. The first kappa shape index (κ1) is 14.0. The first-order chi connectivity index (χ1) is 9.47. The van der Waals surface area contributed by atoms with Crippen molar-refractivity contribution in [2.45, 2.75) is 26.2 Å². The third-order valence-electron chi connectivity index (χ3n) is 3.10. The molecule has 5 heteroatoms. The molecule has 2 N–H and O–H groups in total. The van der Waals surface area contributed by atoms with E-state index in [1.54, 1.807) is 0 Å². The number of rotatable bonds is 4. The van der Waals surface area contributed by atoms with Crippen LogP contribution < -0.4 is 5.56 Å². The van der Waals surface area contributed by atoms with Crippen LogP contribution in [0.15, 0.2) is 35.3 Å². The standard InChI is InChI=1S/C15H16N2O3/c1-9(2)11-5-3-10(4-6-11)7-13-16-8-12(15(19)20)14(18)17-13/h3-6,8-9H,7H2,1-2H3,(H,19,20)(H,16,17,18). The van der Waals surface area contributed by atoms with E-state index < -0.39 is 11.5 Å². The Morgan fingerprint density at radius 3 is 2.45 bits per heavy atom. The lowest BCUT2D eigenvalue weighted by Gasteiger charge is -2.06. The molecule has 0 radical (unpaired) electrons. The second-order valence-electron chi connectivity index (χ2n) is 4.95. The highest BCUT2D eigenvalue weighted by atomic mass is 16.4. The zero-order valence-corrected chi connectivity index (χ0v) is 11.4. The van der Waals surface area contributed by atoms with E-state index in [0.29, 0.717) is 18.2 Å². The van der Waals surface area contributed by atoms with E-state index in [4.69, 9.17) is 5.11 Å².